The molecule has 0 radical (unpaired) electrons. The van der Waals surface area contributed by atoms with Gasteiger partial charge in [0, 0.05) is 37.9 Å². The van der Waals surface area contributed by atoms with Gasteiger partial charge < -0.3 is 10.6 Å². The number of nitrogens with two attached hydrogens (primary N) is 1. The Balaban J connectivity index is 1.75. The molecule has 0 bridgehead atoms. The van der Waals surface area contributed by atoms with Gasteiger partial charge in [0.1, 0.15) is 0 Å². The van der Waals surface area contributed by atoms with Gasteiger partial charge in [0.25, 0.3) is 0 Å². The van der Waals surface area contributed by atoms with Crippen molar-refractivity contribution in [2.24, 2.45) is 5.92 Å². The third kappa shape index (κ3) is 2.93. The number of hydrogen-bond acceptors (Lipinski definition) is 3. The highest BCUT2D eigenvalue weighted by atomic mass is 15.3. The fourth-order valence-corrected chi connectivity index (χ4v) is 3.29. The predicted octanol–water partition coefficient (Wildman–Crippen LogP) is 2.36. The number of piperazine rings is 1. The molecule has 2 fully saturated rings. The Hall–Kier alpha value is -1.06. The minimum absolute atomic E-state index is 0.600. The molecule has 3 rings (SSSR count). The van der Waals surface area contributed by atoms with Gasteiger partial charge in [0.2, 0.25) is 0 Å². The molecule has 0 spiro atoms. The average molecular weight is 259 g/mol. The van der Waals surface area contributed by atoms with Gasteiger partial charge in [-0.25, -0.2) is 0 Å². The Morgan fingerprint density at radius 3 is 2.53 bits per heavy atom. The molecular weight excluding hydrogens is 234 g/mol. The van der Waals surface area contributed by atoms with Crippen LogP contribution in [0, 0.1) is 5.92 Å². The van der Waals surface area contributed by atoms with Crippen LogP contribution in [0.5, 0.6) is 0 Å². The second kappa shape index (κ2) is 5.51. The normalized spacial score (nSPS) is 23.4. The minimum atomic E-state index is 0.600. The van der Waals surface area contributed by atoms with Gasteiger partial charge in [-0.15, -0.1) is 0 Å². The molecular formula is C16H25N3. The van der Waals surface area contributed by atoms with Crippen LogP contribution in [0.4, 0.5) is 5.69 Å². The molecule has 104 valence electrons. The van der Waals surface area contributed by atoms with E-state index < -0.39 is 0 Å². The molecule has 1 aromatic rings. The van der Waals surface area contributed by atoms with Gasteiger partial charge in [-0.1, -0.05) is 19.1 Å². The van der Waals surface area contributed by atoms with Gasteiger partial charge in [-0.3, -0.25) is 4.90 Å². The summed E-state index contributed by atoms with van der Waals surface area (Å²) in [5.41, 5.74) is 8.29. The molecule has 1 atom stereocenters. The zero-order valence-electron chi connectivity index (χ0n) is 11.9. The van der Waals surface area contributed by atoms with E-state index in [9.17, 15) is 0 Å². The van der Waals surface area contributed by atoms with Gasteiger partial charge >= 0.3 is 0 Å². The summed E-state index contributed by atoms with van der Waals surface area (Å²) in [6.45, 7) is 8.25. The second-order valence-electron chi connectivity index (χ2n) is 5.92. The van der Waals surface area contributed by atoms with Crippen LogP contribution in [0.15, 0.2) is 24.3 Å². The number of likely N-dealkylation sites (N-methyl/N-ethyl adjacent to an activating group) is 1. The first-order valence-corrected chi connectivity index (χ1v) is 7.59. The summed E-state index contributed by atoms with van der Waals surface area (Å²) < 4.78 is 0. The molecule has 1 aliphatic heterocycles. The maximum atomic E-state index is 5.96. The summed E-state index contributed by atoms with van der Waals surface area (Å²) in [4.78, 5) is 5.22. The van der Waals surface area contributed by atoms with Crippen molar-refractivity contribution in [1.29, 1.82) is 0 Å². The molecule has 1 saturated carbocycles. The third-order valence-corrected chi connectivity index (χ3v) is 4.57. The predicted molar refractivity (Wildman–Crippen MR) is 80.0 cm³/mol. The smallest absolute Gasteiger partial charge is 0.0378 e. The van der Waals surface area contributed by atoms with Crippen molar-refractivity contribution in [3.05, 3.63) is 29.8 Å². The third-order valence-electron chi connectivity index (χ3n) is 4.57. The largest absolute Gasteiger partial charge is 0.399 e. The molecule has 1 aromatic carbocycles. The van der Waals surface area contributed by atoms with Gasteiger partial charge in [0.05, 0.1) is 0 Å². The lowest BCUT2D eigenvalue weighted by molar-refractivity contribution is 0.0895. The SMILES string of the molecule is CCN1CCN(C(c2cccc(N)c2)C2CC2)CC1. The van der Waals surface area contributed by atoms with Crippen LogP contribution in [0.3, 0.4) is 0 Å². The zero-order valence-corrected chi connectivity index (χ0v) is 11.9. The fourth-order valence-electron chi connectivity index (χ4n) is 3.29. The first kappa shape index (κ1) is 12.9. The van der Waals surface area contributed by atoms with Crippen LogP contribution in [0.25, 0.3) is 0 Å². The summed E-state index contributed by atoms with van der Waals surface area (Å²) >= 11 is 0. The first-order chi connectivity index (χ1) is 9.28. The van der Waals surface area contributed by atoms with Crippen LogP contribution in [0.1, 0.15) is 31.4 Å². The summed E-state index contributed by atoms with van der Waals surface area (Å²) in [5.74, 6) is 0.856. The first-order valence-electron chi connectivity index (χ1n) is 7.59. The monoisotopic (exact) mass is 259 g/mol. The molecule has 1 heterocycles. The van der Waals surface area contributed by atoms with Crippen molar-refractivity contribution in [3.63, 3.8) is 0 Å². The van der Waals surface area contributed by atoms with Crippen LogP contribution < -0.4 is 5.73 Å². The molecule has 0 amide bonds. The van der Waals surface area contributed by atoms with E-state index in [1.54, 1.807) is 0 Å². The number of benzene rings is 1. The van der Waals surface area contributed by atoms with E-state index in [0.717, 1.165) is 11.6 Å². The molecule has 3 nitrogen and oxygen atoms in total. The molecule has 1 aliphatic carbocycles. The van der Waals surface area contributed by atoms with Crippen LogP contribution in [-0.2, 0) is 0 Å². The highest BCUT2D eigenvalue weighted by Crippen LogP contribution is 2.45. The molecule has 0 aromatic heterocycles. The van der Waals surface area contributed by atoms with E-state index in [1.807, 2.05) is 6.07 Å². The van der Waals surface area contributed by atoms with Gasteiger partial charge in [0.15, 0.2) is 0 Å². The van der Waals surface area contributed by atoms with Crippen molar-refractivity contribution in [3.8, 4) is 0 Å². The molecule has 3 heteroatoms. The highest BCUT2D eigenvalue weighted by molar-refractivity contribution is 5.42. The Kier molecular flexibility index (Phi) is 3.76. The van der Waals surface area contributed by atoms with Crippen LogP contribution >= 0.6 is 0 Å². The molecule has 1 unspecified atom stereocenters. The number of rotatable bonds is 4. The number of nitrogens with zero attached hydrogens (tertiary/aromatic N) is 2. The molecule has 1 saturated heterocycles. The average Bonchev–Trinajstić information content (AvgIpc) is 3.25. The van der Waals surface area contributed by atoms with Crippen molar-refractivity contribution >= 4 is 5.69 Å². The van der Waals surface area contributed by atoms with E-state index in [0.29, 0.717) is 6.04 Å². The molecule has 2 aliphatic rings. The summed E-state index contributed by atoms with van der Waals surface area (Å²) in [6.07, 6.45) is 2.76. The summed E-state index contributed by atoms with van der Waals surface area (Å²) in [5, 5.41) is 0. The lowest BCUT2D eigenvalue weighted by Gasteiger charge is -2.39. The standard InChI is InChI=1S/C16H25N3/c1-2-18-8-10-19(11-9-18)16(13-6-7-13)14-4-3-5-15(17)12-14/h3-5,12-13,16H,2,6-11,17H2,1H3. The maximum absolute atomic E-state index is 5.96. The molecule has 19 heavy (non-hydrogen) atoms. The van der Waals surface area contributed by atoms with E-state index in [2.05, 4.69) is 34.9 Å². The van der Waals surface area contributed by atoms with E-state index in [4.69, 9.17) is 5.73 Å². The van der Waals surface area contributed by atoms with E-state index in [1.165, 1.54) is 51.1 Å². The number of hydrogen-bond donors (Lipinski definition) is 1. The lowest BCUT2D eigenvalue weighted by atomic mass is 9.99. The lowest BCUT2D eigenvalue weighted by Crippen LogP contribution is -2.47. The van der Waals surface area contributed by atoms with Crippen molar-refractivity contribution < 1.29 is 0 Å². The van der Waals surface area contributed by atoms with E-state index >= 15 is 0 Å². The fraction of sp³-hybridized carbons (Fsp3) is 0.625. The van der Waals surface area contributed by atoms with Gasteiger partial charge in [-0.05, 0) is 43.0 Å². The summed E-state index contributed by atoms with van der Waals surface area (Å²) in [6, 6.07) is 9.12. The second-order valence-corrected chi connectivity index (χ2v) is 5.92. The summed E-state index contributed by atoms with van der Waals surface area (Å²) in [7, 11) is 0. The number of anilines is 1. The Bertz CT molecular complexity index is 420. The Labute approximate surface area is 116 Å². The topological polar surface area (TPSA) is 32.5 Å². The zero-order chi connectivity index (χ0) is 13.2. The molecule has 2 N–H and O–H groups in total. The number of nitrogen functional groups attached to an aromatic ring is 1. The van der Waals surface area contributed by atoms with Crippen LogP contribution in [0.2, 0.25) is 0 Å². The van der Waals surface area contributed by atoms with Gasteiger partial charge in [-0.2, -0.15) is 0 Å². The van der Waals surface area contributed by atoms with E-state index in [-0.39, 0.29) is 0 Å². The van der Waals surface area contributed by atoms with Crippen molar-refractivity contribution in [2.45, 2.75) is 25.8 Å². The minimum Gasteiger partial charge on any atom is -0.399 e. The highest BCUT2D eigenvalue weighted by Gasteiger charge is 2.37. The maximum Gasteiger partial charge on any atom is 0.0378 e. The Morgan fingerprint density at radius 1 is 1.21 bits per heavy atom. The Morgan fingerprint density at radius 2 is 1.95 bits per heavy atom. The van der Waals surface area contributed by atoms with Crippen LogP contribution in [-0.4, -0.2) is 42.5 Å². The quantitative estimate of drug-likeness (QED) is 0.843. The van der Waals surface area contributed by atoms with Crippen molar-refractivity contribution in [2.75, 3.05) is 38.5 Å². The van der Waals surface area contributed by atoms with Crippen molar-refractivity contribution in [1.82, 2.24) is 9.80 Å².